The molecule has 1 aliphatic heterocycles. The van der Waals surface area contributed by atoms with Crippen molar-refractivity contribution in [2.75, 3.05) is 18.0 Å². The Kier molecular flexibility index (Phi) is 5.15. The third kappa shape index (κ3) is 3.26. The van der Waals surface area contributed by atoms with E-state index in [-0.39, 0.29) is 0 Å². The minimum absolute atomic E-state index is 0.523. The molecule has 2 rings (SSSR count). The fourth-order valence-electron chi connectivity index (χ4n) is 2.94. The van der Waals surface area contributed by atoms with Crippen LogP contribution >= 0.6 is 27.5 Å². The van der Waals surface area contributed by atoms with Gasteiger partial charge in [-0.05, 0) is 59.9 Å². The van der Waals surface area contributed by atoms with Gasteiger partial charge in [0.2, 0.25) is 0 Å². The number of piperidine rings is 1. The third-order valence-corrected chi connectivity index (χ3v) is 5.50. The molecule has 1 saturated heterocycles. The minimum atomic E-state index is 0.523. The lowest BCUT2D eigenvalue weighted by Crippen LogP contribution is -2.53. The second-order valence-corrected chi connectivity index (χ2v) is 6.61. The summed E-state index contributed by atoms with van der Waals surface area (Å²) in [6.07, 6.45) is 1.19. The molecular weight excluding hydrogens is 324 g/mol. The summed E-state index contributed by atoms with van der Waals surface area (Å²) in [5.74, 6) is 0.635. The molecular formula is C15H22BrClN2. The van der Waals surface area contributed by atoms with Crippen LogP contribution in [0.15, 0.2) is 22.7 Å². The van der Waals surface area contributed by atoms with Gasteiger partial charge in [0.1, 0.15) is 0 Å². The van der Waals surface area contributed by atoms with Gasteiger partial charge in [0.05, 0.1) is 5.02 Å². The molecule has 0 amide bonds. The number of benzene rings is 1. The lowest BCUT2D eigenvalue weighted by atomic mass is 9.86. The summed E-state index contributed by atoms with van der Waals surface area (Å²) in [5.41, 5.74) is 1.22. The molecule has 0 spiro atoms. The average Bonchev–Trinajstić information content (AvgIpc) is 2.39. The number of nitrogens with zero attached hydrogens (tertiary/aromatic N) is 1. The van der Waals surface area contributed by atoms with E-state index in [1.54, 1.807) is 0 Å². The van der Waals surface area contributed by atoms with Crippen molar-refractivity contribution in [2.24, 2.45) is 5.92 Å². The first-order valence-electron chi connectivity index (χ1n) is 6.99. The largest absolute Gasteiger partial charge is 0.368 e. The summed E-state index contributed by atoms with van der Waals surface area (Å²) in [7, 11) is 0. The van der Waals surface area contributed by atoms with Gasteiger partial charge in [-0.15, -0.1) is 0 Å². The molecule has 0 radical (unpaired) electrons. The van der Waals surface area contributed by atoms with Crippen LogP contribution in [0, 0.1) is 5.92 Å². The maximum Gasteiger partial charge on any atom is 0.0568 e. The topological polar surface area (TPSA) is 15.3 Å². The van der Waals surface area contributed by atoms with Crippen LogP contribution in [0.2, 0.25) is 5.02 Å². The molecule has 0 aromatic heterocycles. The molecule has 0 bridgehead atoms. The first-order chi connectivity index (χ1) is 9.04. The second-order valence-electron chi connectivity index (χ2n) is 5.34. The Morgan fingerprint density at radius 3 is 2.79 bits per heavy atom. The van der Waals surface area contributed by atoms with Gasteiger partial charge in [-0.3, -0.25) is 0 Å². The van der Waals surface area contributed by atoms with Crippen LogP contribution in [0.25, 0.3) is 0 Å². The smallest absolute Gasteiger partial charge is 0.0568 e. The molecule has 3 unspecified atom stereocenters. The fraction of sp³-hybridized carbons (Fsp3) is 0.600. The number of rotatable bonds is 3. The van der Waals surface area contributed by atoms with Crippen molar-refractivity contribution in [3.63, 3.8) is 0 Å². The van der Waals surface area contributed by atoms with Crippen LogP contribution in [0.5, 0.6) is 0 Å². The molecule has 4 heteroatoms. The maximum atomic E-state index is 6.21. The lowest BCUT2D eigenvalue weighted by molar-refractivity contribution is 0.274. The summed E-state index contributed by atoms with van der Waals surface area (Å²) in [5, 5.41) is 4.38. The number of nitrogens with one attached hydrogen (secondary N) is 1. The summed E-state index contributed by atoms with van der Waals surface area (Å²) in [6.45, 7) is 8.96. The first-order valence-corrected chi connectivity index (χ1v) is 8.16. The van der Waals surface area contributed by atoms with E-state index in [9.17, 15) is 0 Å². The molecule has 106 valence electrons. The van der Waals surface area contributed by atoms with Gasteiger partial charge in [-0.1, -0.05) is 25.4 Å². The Bertz CT molecular complexity index is 438. The Balaban J connectivity index is 2.15. The second kappa shape index (κ2) is 6.47. The highest BCUT2D eigenvalue weighted by atomic mass is 79.9. The molecule has 1 heterocycles. The van der Waals surface area contributed by atoms with Crippen LogP contribution in [-0.2, 0) is 0 Å². The fourth-order valence-corrected chi connectivity index (χ4v) is 3.36. The molecule has 0 aliphatic carbocycles. The number of hydrogen-bond donors (Lipinski definition) is 1. The third-order valence-electron chi connectivity index (χ3n) is 4.27. The molecule has 1 N–H and O–H groups in total. The zero-order valence-electron chi connectivity index (χ0n) is 11.8. The predicted molar refractivity (Wildman–Crippen MR) is 87.2 cm³/mol. The molecule has 1 aromatic rings. The van der Waals surface area contributed by atoms with Crippen molar-refractivity contribution in [3.05, 3.63) is 27.7 Å². The number of halogens is 2. The molecule has 19 heavy (non-hydrogen) atoms. The quantitative estimate of drug-likeness (QED) is 0.878. The summed E-state index contributed by atoms with van der Waals surface area (Å²) < 4.78 is 0.959. The van der Waals surface area contributed by atoms with E-state index in [2.05, 4.69) is 59.1 Å². The van der Waals surface area contributed by atoms with E-state index >= 15 is 0 Å². The summed E-state index contributed by atoms with van der Waals surface area (Å²) in [4.78, 5) is 2.47. The van der Waals surface area contributed by atoms with E-state index in [4.69, 9.17) is 11.6 Å². The van der Waals surface area contributed by atoms with Gasteiger partial charge in [-0.25, -0.2) is 0 Å². The molecule has 1 aromatic carbocycles. The predicted octanol–water partition coefficient (Wildman–Crippen LogP) is 4.32. The SMILES string of the molecule is CCNC1CCN(c2ccc(Br)c(Cl)c2)C(C)C1C. The van der Waals surface area contributed by atoms with Crippen molar-refractivity contribution >= 4 is 33.2 Å². The van der Waals surface area contributed by atoms with Crippen LogP contribution in [0.4, 0.5) is 5.69 Å². The van der Waals surface area contributed by atoms with Crippen molar-refractivity contribution in [1.29, 1.82) is 0 Å². The standard InChI is InChI=1S/C15H22BrClN2/c1-4-18-15-7-8-19(11(3)10(15)2)12-5-6-13(16)14(17)9-12/h5-6,9-11,15,18H,4,7-8H2,1-3H3. The van der Waals surface area contributed by atoms with Crippen LogP contribution in [-0.4, -0.2) is 25.2 Å². The Labute approximate surface area is 129 Å². The van der Waals surface area contributed by atoms with Gasteiger partial charge in [0.25, 0.3) is 0 Å². The highest BCUT2D eigenvalue weighted by Crippen LogP contribution is 2.32. The van der Waals surface area contributed by atoms with E-state index in [0.29, 0.717) is 18.0 Å². The average molecular weight is 346 g/mol. The van der Waals surface area contributed by atoms with Crippen molar-refractivity contribution in [2.45, 2.75) is 39.3 Å². The molecule has 1 aliphatic rings. The number of anilines is 1. The summed E-state index contributed by atoms with van der Waals surface area (Å²) in [6, 6.07) is 7.39. The van der Waals surface area contributed by atoms with Crippen molar-refractivity contribution in [3.8, 4) is 0 Å². The van der Waals surface area contributed by atoms with Gasteiger partial charge in [0, 0.05) is 28.8 Å². The van der Waals surface area contributed by atoms with Gasteiger partial charge < -0.3 is 10.2 Å². The minimum Gasteiger partial charge on any atom is -0.368 e. The zero-order valence-corrected chi connectivity index (χ0v) is 14.1. The van der Waals surface area contributed by atoms with Crippen molar-refractivity contribution < 1.29 is 0 Å². The van der Waals surface area contributed by atoms with E-state index in [1.807, 2.05) is 6.07 Å². The molecule has 2 nitrogen and oxygen atoms in total. The maximum absolute atomic E-state index is 6.21. The van der Waals surface area contributed by atoms with E-state index < -0.39 is 0 Å². The molecule has 3 atom stereocenters. The highest BCUT2D eigenvalue weighted by Gasteiger charge is 2.32. The Morgan fingerprint density at radius 1 is 1.42 bits per heavy atom. The summed E-state index contributed by atoms with van der Waals surface area (Å²) >= 11 is 9.66. The van der Waals surface area contributed by atoms with Crippen LogP contribution in [0.3, 0.4) is 0 Å². The molecule has 1 fully saturated rings. The highest BCUT2D eigenvalue weighted by molar-refractivity contribution is 9.10. The van der Waals surface area contributed by atoms with Gasteiger partial charge >= 0.3 is 0 Å². The van der Waals surface area contributed by atoms with Crippen molar-refractivity contribution in [1.82, 2.24) is 5.32 Å². The Hall–Kier alpha value is -0.250. The Morgan fingerprint density at radius 2 is 2.16 bits per heavy atom. The zero-order chi connectivity index (χ0) is 14.0. The monoisotopic (exact) mass is 344 g/mol. The number of hydrogen-bond acceptors (Lipinski definition) is 2. The first kappa shape index (κ1) is 15.1. The van der Waals surface area contributed by atoms with Crippen LogP contribution < -0.4 is 10.2 Å². The van der Waals surface area contributed by atoms with E-state index in [1.165, 1.54) is 12.1 Å². The van der Waals surface area contributed by atoms with E-state index in [0.717, 1.165) is 22.6 Å². The van der Waals surface area contributed by atoms with Gasteiger partial charge in [0.15, 0.2) is 0 Å². The lowest BCUT2D eigenvalue weighted by Gasteiger charge is -2.44. The normalized spacial score (nSPS) is 27.6. The van der Waals surface area contributed by atoms with Gasteiger partial charge in [-0.2, -0.15) is 0 Å². The molecule has 0 saturated carbocycles. The van der Waals surface area contributed by atoms with Crippen LogP contribution in [0.1, 0.15) is 27.2 Å².